The van der Waals surface area contributed by atoms with Crippen LogP contribution in [0.25, 0.3) is 0 Å². The molecule has 1 atom stereocenters. The third-order valence-electron chi connectivity index (χ3n) is 4.31. The first kappa shape index (κ1) is 16.6. The van der Waals surface area contributed by atoms with E-state index in [4.69, 9.17) is 5.73 Å². The van der Waals surface area contributed by atoms with Crippen molar-refractivity contribution in [1.82, 2.24) is 9.88 Å². The van der Waals surface area contributed by atoms with Gasteiger partial charge in [0, 0.05) is 17.5 Å². The van der Waals surface area contributed by atoms with Crippen LogP contribution in [-0.2, 0) is 9.59 Å². The minimum absolute atomic E-state index is 0.0000592. The third-order valence-corrected chi connectivity index (χ3v) is 5.00. The summed E-state index contributed by atoms with van der Waals surface area (Å²) >= 11 is 1.41. The molecule has 0 unspecified atom stereocenters. The molecule has 126 valence electrons. The van der Waals surface area contributed by atoms with Crippen LogP contribution in [0.2, 0.25) is 0 Å². The van der Waals surface area contributed by atoms with Crippen molar-refractivity contribution in [3.63, 3.8) is 0 Å². The van der Waals surface area contributed by atoms with Crippen LogP contribution in [0, 0.1) is 5.92 Å². The first-order valence-electron chi connectivity index (χ1n) is 7.94. The molecule has 0 spiro atoms. The number of nitrogens with two attached hydrogens (primary N) is 1. The number of carbonyl (C=O) groups is 2. The summed E-state index contributed by atoms with van der Waals surface area (Å²) in [6.07, 6.45) is 3.07. The van der Waals surface area contributed by atoms with Gasteiger partial charge in [-0.2, -0.15) is 0 Å². The molecule has 0 aliphatic carbocycles. The number of hydrogen-bond acceptors (Lipinski definition) is 5. The van der Waals surface area contributed by atoms with Gasteiger partial charge in [-0.25, -0.2) is 4.98 Å². The van der Waals surface area contributed by atoms with Crippen LogP contribution in [0.5, 0.6) is 0 Å². The highest BCUT2D eigenvalue weighted by Crippen LogP contribution is 2.27. The molecule has 3 N–H and O–H groups in total. The summed E-state index contributed by atoms with van der Waals surface area (Å²) in [6, 6.07) is 9.11. The smallest absolute Gasteiger partial charge is 0.239 e. The van der Waals surface area contributed by atoms with Crippen molar-refractivity contribution in [3.8, 4) is 0 Å². The molecule has 1 fully saturated rings. The van der Waals surface area contributed by atoms with E-state index in [0.717, 1.165) is 5.56 Å². The quantitative estimate of drug-likeness (QED) is 0.868. The molecule has 1 saturated heterocycles. The van der Waals surface area contributed by atoms with Crippen LogP contribution >= 0.6 is 11.3 Å². The van der Waals surface area contributed by atoms with E-state index < -0.39 is 6.04 Å². The lowest BCUT2D eigenvalue weighted by Gasteiger charge is -2.35. The highest BCUT2D eigenvalue weighted by Gasteiger charge is 2.32. The van der Waals surface area contributed by atoms with Crippen LogP contribution in [0.15, 0.2) is 41.9 Å². The van der Waals surface area contributed by atoms with Crippen molar-refractivity contribution in [2.75, 3.05) is 18.4 Å². The van der Waals surface area contributed by atoms with E-state index in [1.807, 2.05) is 35.7 Å². The second kappa shape index (κ2) is 7.55. The average molecular weight is 344 g/mol. The summed E-state index contributed by atoms with van der Waals surface area (Å²) in [5.41, 5.74) is 6.52. The lowest BCUT2D eigenvalue weighted by molar-refractivity contribution is -0.125. The average Bonchev–Trinajstić information content (AvgIpc) is 3.09. The monoisotopic (exact) mass is 344 g/mol. The number of aromatic nitrogens is 1. The first-order valence-corrected chi connectivity index (χ1v) is 8.82. The molecule has 24 heavy (non-hydrogen) atoms. The Morgan fingerprint density at radius 2 is 1.96 bits per heavy atom. The number of nitrogens with one attached hydrogen (secondary N) is 1. The number of anilines is 1. The van der Waals surface area contributed by atoms with E-state index in [1.165, 1.54) is 11.3 Å². The molecule has 3 rings (SSSR count). The standard InChI is InChI=1S/C17H20N4O2S/c18-15(22)14(12-4-2-1-3-5-12)21-9-6-13(7-10-21)16(23)20-17-19-8-11-24-17/h1-5,8,11,13-14H,6-7,9-10H2,(H2,18,22)(H,19,20,23)/t14-/m1/s1. The van der Waals surface area contributed by atoms with Crippen molar-refractivity contribution in [2.24, 2.45) is 11.7 Å². The molecule has 2 amide bonds. The third kappa shape index (κ3) is 3.80. The second-order valence-corrected chi connectivity index (χ2v) is 6.75. The van der Waals surface area contributed by atoms with Crippen molar-refractivity contribution in [3.05, 3.63) is 47.5 Å². The maximum atomic E-state index is 12.3. The van der Waals surface area contributed by atoms with E-state index in [0.29, 0.717) is 31.1 Å². The Bertz CT molecular complexity index is 682. The molecule has 2 aromatic rings. The second-order valence-electron chi connectivity index (χ2n) is 5.85. The van der Waals surface area contributed by atoms with Crippen LogP contribution in [0.1, 0.15) is 24.4 Å². The van der Waals surface area contributed by atoms with E-state index in [9.17, 15) is 9.59 Å². The fraction of sp³-hybridized carbons (Fsp3) is 0.353. The van der Waals surface area contributed by atoms with Crippen molar-refractivity contribution < 1.29 is 9.59 Å². The number of amides is 2. The van der Waals surface area contributed by atoms with Crippen LogP contribution in [0.3, 0.4) is 0 Å². The van der Waals surface area contributed by atoms with Gasteiger partial charge < -0.3 is 11.1 Å². The molecule has 6 nitrogen and oxygen atoms in total. The number of likely N-dealkylation sites (tertiary alicyclic amines) is 1. The fourth-order valence-corrected chi connectivity index (χ4v) is 3.63. The van der Waals surface area contributed by atoms with Gasteiger partial charge >= 0.3 is 0 Å². The number of carbonyl (C=O) groups excluding carboxylic acids is 2. The summed E-state index contributed by atoms with van der Waals surface area (Å²) < 4.78 is 0. The highest BCUT2D eigenvalue weighted by atomic mass is 32.1. The molecule has 2 heterocycles. The predicted octanol–water partition coefficient (Wildman–Crippen LogP) is 2.02. The van der Waals surface area contributed by atoms with Gasteiger partial charge in [-0.15, -0.1) is 11.3 Å². The van der Waals surface area contributed by atoms with E-state index in [1.54, 1.807) is 6.20 Å². The summed E-state index contributed by atoms with van der Waals surface area (Å²) in [4.78, 5) is 30.3. The van der Waals surface area contributed by atoms with Gasteiger partial charge in [-0.05, 0) is 31.5 Å². The normalized spacial score (nSPS) is 17.3. The number of nitrogens with zero attached hydrogens (tertiary/aromatic N) is 2. The van der Waals surface area contributed by atoms with E-state index >= 15 is 0 Å². The van der Waals surface area contributed by atoms with Crippen LogP contribution in [-0.4, -0.2) is 34.8 Å². The zero-order valence-corrected chi connectivity index (χ0v) is 14.0. The first-order chi connectivity index (χ1) is 11.6. The number of benzene rings is 1. The van der Waals surface area contributed by atoms with Gasteiger partial charge in [0.2, 0.25) is 11.8 Å². The van der Waals surface area contributed by atoms with Crippen molar-refractivity contribution in [1.29, 1.82) is 0 Å². The SMILES string of the molecule is NC(=O)[C@@H](c1ccccc1)N1CCC(C(=O)Nc2nccs2)CC1. The molecule has 1 aromatic carbocycles. The van der Waals surface area contributed by atoms with Gasteiger partial charge in [0.05, 0.1) is 0 Å². The minimum Gasteiger partial charge on any atom is -0.368 e. The van der Waals surface area contributed by atoms with E-state index in [-0.39, 0.29) is 17.7 Å². The van der Waals surface area contributed by atoms with Gasteiger partial charge in [0.25, 0.3) is 0 Å². The molecule has 7 heteroatoms. The van der Waals surface area contributed by atoms with Gasteiger partial charge in [-0.1, -0.05) is 30.3 Å². The Labute approximate surface area is 144 Å². The molecule has 0 bridgehead atoms. The minimum atomic E-state index is -0.436. The summed E-state index contributed by atoms with van der Waals surface area (Å²) in [5, 5.41) is 5.30. The zero-order valence-electron chi connectivity index (χ0n) is 13.2. The Morgan fingerprint density at radius 1 is 1.25 bits per heavy atom. The predicted molar refractivity (Wildman–Crippen MR) is 93.4 cm³/mol. The Morgan fingerprint density at radius 3 is 2.54 bits per heavy atom. The lowest BCUT2D eigenvalue weighted by Crippen LogP contribution is -2.44. The molecule has 1 aromatic heterocycles. The topological polar surface area (TPSA) is 88.3 Å². The molecular formula is C17H20N4O2S. The van der Waals surface area contributed by atoms with Gasteiger partial charge in [0.1, 0.15) is 6.04 Å². The number of piperidine rings is 1. The lowest BCUT2D eigenvalue weighted by atomic mass is 9.93. The van der Waals surface area contributed by atoms with Crippen LogP contribution < -0.4 is 11.1 Å². The number of rotatable bonds is 5. The Kier molecular flexibility index (Phi) is 5.22. The van der Waals surface area contributed by atoms with Gasteiger partial charge in [-0.3, -0.25) is 14.5 Å². The Balaban J connectivity index is 1.61. The molecule has 1 aliphatic rings. The maximum absolute atomic E-state index is 12.3. The molecule has 0 saturated carbocycles. The molecule has 0 radical (unpaired) electrons. The van der Waals surface area contributed by atoms with Crippen LogP contribution in [0.4, 0.5) is 5.13 Å². The van der Waals surface area contributed by atoms with E-state index in [2.05, 4.69) is 15.2 Å². The maximum Gasteiger partial charge on any atom is 0.239 e. The summed E-state index contributed by atoms with van der Waals surface area (Å²) in [6.45, 7) is 1.33. The summed E-state index contributed by atoms with van der Waals surface area (Å²) in [5.74, 6) is -0.415. The van der Waals surface area contributed by atoms with Crippen molar-refractivity contribution >= 4 is 28.3 Å². The highest BCUT2D eigenvalue weighted by molar-refractivity contribution is 7.13. The number of primary amides is 1. The number of hydrogen-bond donors (Lipinski definition) is 2. The summed E-state index contributed by atoms with van der Waals surface area (Å²) in [7, 11) is 0. The largest absolute Gasteiger partial charge is 0.368 e. The zero-order chi connectivity index (χ0) is 16.9. The fourth-order valence-electron chi connectivity index (χ4n) is 3.10. The molecular weight excluding hydrogens is 324 g/mol. The Hall–Kier alpha value is -2.25. The number of thiazole rings is 1. The van der Waals surface area contributed by atoms with Gasteiger partial charge in [0.15, 0.2) is 5.13 Å². The van der Waals surface area contributed by atoms with Crippen molar-refractivity contribution in [2.45, 2.75) is 18.9 Å². The molecule has 1 aliphatic heterocycles.